The summed E-state index contributed by atoms with van der Waals surface area (Å²) in [5.74, 6) is 0. The zero-order valence-electron chi connectivity index (χ0n) is 7.14. The molecule has 1 radical (unpaired) electrons. The molecular formula is C10H6IrN3-. The first-order chi connectivity index (χ1) is 6.45. The van der Waals surface area contributed by atoms with Crippen LogP contribution < -0.4 is 0 Å². The third-order valence-electron chi connectivity index (χ3n) is 2.09. The van der Waals surface area contributed by atoms with Gasteiger partial charge < -0.3 is 0 Å². The molecule has 0 aliphatic rings. The van der Waals surface area contributed by atoms with E-state index in [-0.39, 0.29) is 20.1 Å². The van der Waals surface area contributed by atoms with Gasteiger partial charge in [0.2, 0.25) is 0 Å². The quantitative estimate of drug-likeness (QED) is 0.571. The molecule has 0 N–H and O–H groups in total. The van der Waals surface area contributed by atoms with Crippen LogP contribution in [0.15, 0.2) is 36.5 Å². The van der Waals surface area contributed by atoms with Crippen molar-refractivity contribution in [1.82, 2.24) is 14.8 Å². The molecule has 0 fully saturated rings. The summed E-state index contributed by atoms with van der Waals surface area (Å²) in [5.41, 5.74) is 1.97. The second kappa shape index (κ2) is 3.48. The molecule has 0 atom stereocenters. The number of nitrogens with zero attached hydrogens (tertiary/aromatic N) is 3. The Kier molecular flexibility index (Phi) is 2.31. The van der Waals surface area contributed by atoms with E-state index in [1.807, 2.05) is 30.3 Å². The summed E-state index contributed by atoms with van der Waals surface area (Å²) in [4.78, 5) is 0. The summed E-state index contributed by atoms with van der Waals surface area (Å²) >= 11 is 0. The molecule has 0 amide bonds. The van der Waals surface area contributed by atoms with Crippen molar-refractivity contribution in [3.8, 4) is 0 Å². The molecule has 0 saturated heterocycles. The third-order valence-corrected chi connectivity index (χ3v) is 2.09. The summed E-state index contributed by atoms with van der Waals surface area (Å²) in [6.07, 6.45) is 1.74. The average Bonchev–Trinajstić information content (AvgIpc) is 2.65. The zero-order valence-corrected chi connectivity index (χ0v) is 9.53. The van der Waals surface area contributed by atoms with Gasteiger partial charge in [-0.25, -0.2) is 4.52 Å². The molecule has 0 spiro atoms. The fraction of sp³-hybridized carbons (Fsp3) is 0. The molecule has 71 valence electrons. The van der Waals surface area contributed by atoms with Crippen LogP contribution in [-0.2, 0) is 20.1 Å². The SMILES string of the molecule is [Ir].[c-]1cccc2ccc3cnnn3c12. The Morgan fingerprint density at radius 3 is 3.07 bits per heavy atom. The number of aromatic nitrogens is 3. The van der Waals surface area contributed by atoms with Gasteiger partial charge in [0.05, 0.1) is 11.7 Å². The van der Waals surface area contributed by atoms with E-state index in [0.717, 1.165) is 16.4 Å². The fourth-order valence-electron chi connectivity index (χ4n) is 1.46. The topological polar surface area (TPSA) is 30.2 Å². The first kappa shape index (κ1) is 9.31. The van der Waals surface area contributed by atoms with Crippen molar-refractivity contribution < 1.29 is 20.1 Å². The van der Waals surface area contributed by atoms with E-state index in [1.165, 1.54) is 0 Å². The predicted octanol–water partition coefficient (Wildman–Crippen LogP) is 1.68. The number of fused-ring (bicyclic) bond motifs is 3. The van der Waals surface area contributed by atoms with Crippen molar-refractivity contribution >= 4 is 16.4 Å². The average molecular weight is 360 g/mol. The smallest absolute Gasteiger partial charge is 0.0837 e. The van der Waals surface area contributed by atoms with E-state index < -0.39 is 0 Å². The molecule has 4 heteroatoms. The van der Waals surface area contributed by atoms with Crippen LogP contribution in [0.3, 0.4) is 0 Å². The van der Waals surface area contributed by atoms with Crippen molar-refractivity contribution in [3.63, 3.8) is 0 Å². The minimum absolute atomic E-state index is 0. The Morgan fingerprint density at radius 2 is 2.14 bits per heavy atom. The van der Waals surface area contributed by atoms with Crippen molar-refractivity contribution in [3.05, 3.63) is 42.6 Å². The number of rotatable bonds is 0. The van der Waals surface area contributed by atoms with Gasteiger partial charge in [-0.15, -0.1) is 16.6 Å². The van der Waals surface area contributed by atoms with Crippen LogP contribution in [0.1, 0.15) is 0 Å². The Hall–Kier alpha value is -1.25. The second-order valence-electron chi connectivity index (χ2n) is 2.88. The summed E-state index contributed by atoms with van der Waals surface area (Å²) in [5, 5.41) is 8.95. The van der Waals surface area contributed by atoms with Crippen molar-refractivity contribution in [2.24, 2.45) is 0 Å². The maximum absolute atomic E-state index is 3.98. The number of pyridine rings is 1. The molecule has 3 rings (SSSR count). The van der Waals surface area contributed by atoms with Crippen LogP contribution >= 0.6 is 0 Å². The van der Waals surface area contributed by atoms with Gasteiger partial charge in [-0.3, -0.25) is 0 Å². The van der Waals surface area contributed by atoms with Gasteiger partial charge in [-0.2, -0.15) is 24.3 Å². The van der Waals surface area contributed by atoms with Crippen LogP contribution in [0, 0.1) is 6.07 Å². The van der Waals surface area contributed by atoms with E-state index >= 15 is 0 Å². The molecule has 0 unspecified atom stereocenters. The number of hydrogen-bond acceptors (Lipinski definition) is 2. The molecule has 0 aliphatic heterocycles. The van der Waals surface area contributed by atoms with Gasteiger partial charge in [0.25, 0.3) is 0 Å². The molecule has 3 aromatic rings. The zero-order chi connectivity index (χ0) is 8.67. The molecule has 1 aromatic carbocycles. The predicted molar refractivity (Wildman–Crippen MR) is 49.3 cm³/mol. The Labute approximate surface area is 94.1 Å². The van der Waals surface area contributed by atoms with Gasteiger partial charge in [0, 0.05) is 20.1 Å². The van der Waals surface area contributed by atoms with Crippen LogP contribution in [0.2, 0.25) is 0 Å². The van der Waals surface area contributed by atoms with Crippen LogP contribution in [0.5, 0.6) is 0 Å². The molecule has 2 heterocycles. The Morgan fingerprint density at radius 1 is 1.21 bits per heavy atom. The van der Waals surface area contributed by atoms with E-state index in [4.69, 9.17) is 0 Å². The van der Waals surface area contributed by atoms with Gasteiger partial charge in [-0.1, -0.05) is 5.21 Å². The van der Waals surface area contributed by atoms with Crippen LogP contribution in [0.4, 0.5) is 0 Å². The molecule has 3 nitrogen and oxygen atoms in total. The van der Waals surface area contributed by atoms with Crippen LogP contribution in [-0.4, -0.2) is 14.8 Å². The number of hydrogen-bond donors (Lipinski definition) is 0. The fourth-order valence-corrected chi connectivity index (χ4v) is 1.46. The van der Waals surface area contributed by atoms with Gasteiger partial charge in [-0.05, 0) is 11.6 Å². The molecule has 0 aliphatic carbocycles. The van der Waals surface area contributed by atoms with Crippen molar-refractivity contribution in [2.45, 2.75) is 0 Å². The van der Waals surface area contributed by atoms with Gasteiger partial charge >= 0.3 is 0 Å². The Balaban J connectivity index is 0.000000750. The minimum atomic E-state index is 0. The van der Waals surface area contributed by atoms with Gasteiger partial charge in [0.15, 0.2) is 0 Å². The molecule has 0 saturated carbocycles. The summed E-state index contributed by atoms with van der Waals surface area (Å²) < 4.78 is 1.79. The van der Waals surface area contributed by atoms with Gasteiger partial charge in [0.1, 0.15) is 0 Å². The van der Waals surface area contributed by atoms with Crippen molar-refractivity contribution in [2.75, 3.05) is 0 Å². The summed E-state index contributed by atoms with van der Waals surface area (Å²) in [6.45, 7) is 0. The molecule has 14 heavy (non-hydrogen) atoms. The summed E-state index contributed by atoms with van der Waals surface area (Å²) in [6, 6.07) is 13.1. The summed E-state index contributed by atoms with van der Waals surface area (Å²) in [7, 11) is 0. The normalized spacial score (nSPS) is 10.3. The number of benzene rings is 1. The largest absolute Gasteiger partial charge is 0.238 e. The molecular weight excluding hydrogens is 354 g/mol. The number of para-hydroxylation sites is 1. The maximum atomic E-state index is 3.98. The Bertz CT molecular complexity index is 573. The second-order valence-corrected chi connectivity index (χ2v) is 2.88. The maximum Gasteiger partial charge on any atom is 0.0837 e. The first-order valence-corrected chi connectivity index (χ1v) is 4.05. The monoisotopic (exact) mass is 361 g/mol. The van der Waals surface area contributed by atoms with E-state index in [0.29, 0.717) is 0 Å². The minimum Gasteiger partial charge on any atom is -0.238 e. The molecule has 2 aromatic heterocycles. The van der Waals surface area contributed by atoms with E-state index in [2.05, 4.69) is 16.4 Å². The third kappa shape index (κ3) is 1.24. The molecule has 0 bridgehead atoms. The van der Waals surface area contributed by atoms with E-state index in [1.54, 1.807) is 10.7 Å². The van der Waals surface area contributed by atoms with Crippen LogP contribution in [0.25, 0.3) is 16.4 Å². The first-order valence-electron chi connectivity index (χ1n) is 4.05. The van der Waals surface area contributed by atoms with Crippen molar-refractivity contribution in [1.29, 1.82) is 0 Å². The van der Waals surface area contributed by atoms with E-state index in [9.17, 15) is 0 Å². The standard InChI is InChI=1S/C10H6N3.Ir/c1-2-4-10-8(3-1)5-6-9-7-11-12-13(9)10;/h1-3,5-7H;/q-1;.